The lowest BCUT2D eigenvalue weighted by atomic mass is 9.90. The molecule has 0 aliphatic carbocycles. The highest BCUT2D eigenvalue weighted by atomic mass is 19.1. The SMILES string of the molecule is CO/C(C)=C(\C)C(=O)Nc1ccc(F)cc1C(C)CC(C)C. The first-order valence-electron chi connectivity index (χ1n) is 7.58. The van der Waals surface area contributed by atoms with Gasteiger partial charge in [-0.15, -0.1) is 0 Å². The fourth-order valence-electron chi connectivity index (χ4n) is 2.42. The molecule has 0 saturated carbocycles. The van der Waals surface area contributed by atoms with E-state index in [1.165, 1.54) is 19.2 Å². The van der Waals surface area contributed by atoms with Crippen LogP contribution >= 0.6 is 0 Å². The highest BCUT2D eigenvalue weighted by Crippen LogP contribution is 2.30. The molecular weight excluding hydrogens is 281 g/mol. The van der Waals surface area contributed by atoms with Crippen LogP contribution < -0.4 is 5.32 Å². The topological polar surface area (TPSA) is 38.3 Å². The lowest BCUT2D eigenvalue weighted by molar-refractivity contribution is -0.113. The monoisotopic (exact) mass is 307 g/mol. The Bertz CT molecular complexity index is 564. The Morgan fingerprint density at radius 1 is 1.27 bits per heavy atom. The molecule has 0 aliphatic heterocycles. The zero-order valence-electron chi connectivity index (χ0n) is 14.3. The zero-order valence-corrected chi connectivity index (χ0v) is 14.3. The molecule has 1 unspecified atom stereocenters. The molecular formula is C18H26FNO2. The van der Waals surface area contributed by atoms with Gasteiger partial charge in [0.25, 0.3) is 5.91 Å². The minimum Gasteiger partial charge on any atom is -0.501 e. The Kier molecular flexibility index (Phi) is 6.60. The summed E-state index contributed by atoms with van der Waals surface area (Å²) in [5.74, 6) is 0.710. The average Bonchev–Trinajstić information content (AvgIpc) is 2.46. The van der Waals surface area contributed by atoms with Gasteiger partial charge < -0.3 is 10.1 Å². The summed E-state index contributed by atoms with van der Waals surface area (Å²) in [5, 5.41) is 2.86. The number of rotatable bonds is 6. The van der Waals surface area contributed by atoms with E-state index in [-0.39, 0.29) is 17.6 Å². The zero-order chi connectivity index (χ0) is 16.9. The van der Waals surface area contributed by atoms with Crippen molar-refractivity contribution < 1.29 is 13.9 Å². The largest absolute Gasteiger partial charge is 0.501 e. The van der Waals surface area contributed by atoms with Gasteiger partial charge in [-0.05, 0) is 55.9 Å². The van der Waals surface area contributed by atoms with E-state index in [1.807, 2.05) is 6.92 Å². The summed E-state index contributed by atoms with van der Waals surface area (Å²) in [5.41, 5.74) is 1.99. The molecule has 0 aromatic heterocycles. The maximum atomic E-state index is 13.6. The van der Waals surface area contributed by atoms with Crippen LogP contribution in [0.15, 0.2) is 29.5 Å². The lowest BCUT2D eigenvalue weighted by Crippen LogP contribution is -2.16. The van der Waals surface area contributed by atoms with Crippen LogP contribution in [-0.2, 0) is 9.53 Å². The number of ether oxygens (including phenoxy) is 1. The highest BCUT2D eigenvalue weighted by molar-refractivity contribution is 6.04. The van der Waals surface area contributed by atoms with Gasteiger partial charge in [-0.2, -0.15) is 0 Å². The lowest BCUT2D eigenvalue weighted by Gasteiger charge is -2.19. The summed E-state index contributed by atoms with van der Waals surface area (Å²) >= 11 is 0. The summed E-state index contributed by atoms with van der Waals surface area (Å²) in [7, 11) is 1.53. The smallest absolute Gasteiger partial charge is 0.254 e. The minimum atomic E-state index is -0.288. The second kappa shape index (κ2) is 7.97. The molecule has 0 fully saturated rings. The van der Waals surface area contributed by atoms with Crippen LogP contribution in [-0.4, -0.2) is 13.0 Å². The molecule has 0 spiro atoms. The van der Waals surface area contributed by atoms with Crippen molar-refractivity contribution in [2.24, 2.45) is 5.92 Å². The van der Waals surface area contributed by atoms with E-state index in [1.54, 1.807) is 19.9 Å². The number of amides is 1. The first-order valence-corrected chi connectivity index (χ1v) is 7.58. The van der Waals surface area contributed by atoms with E-state index >= 15 is 0 Å². The molecule has 3 nitrogen and oxygen atoms in total. The quantitative estimate of drug-likeness (QED) is 0.602. The maximum Gasteiger partial charge on any atom is 0.254 e. The molecule has 1 rings (SSSR count). The standard InChI is InChI=1S/C18H26FNO2/c1-11(2)9-12(3)16-10-15(19)7-8-17(16)20-18(21)13(4)14(5)22-6/h7-8,10-12H,9H2,1-6H3,(H,20,21)/b14-13+. The number of carbonyl (C=O) groups is 1. The number of nitrogens with one attached hydrogen (secondary N) is 1. The number of anilines is 1. The van der Waals surface area contributed by atoms with Gasteiger partial charge in [0, 0.05) is 5.69 Å². The third kappa shape index (κ3) is 4.86. The van der Waals surface area contributed by atoms with Crippen LogP contribution in [0.2, 0.25) is 0 Å². The van der Waals surface area contributed by atoms with Gasteiger partial charge in [-0.25, -0.2) is 4.39 Å². The molecule has 1 atom stereocenters. The Morgan fingerprint density at radius 3 is 2.45 bits per heavy atom. The van der Waals surface area contributed by atoms with E-state index in [0.717, 1.165) is 12.0 Å². The molecule has 0 saturated heterocycles. The maximum absolute atomic E-state index is 13.6. The van der Waals surface area contributed by atoms with E-state index in [4.69, 9.17) is 4.74 Å². The van der Waals surface area contributed by atoms with Crippen LogP contribution in [0.1, 0.15) is 52.5 Å². The average molecular weight is 307 g/mol. The normalized spacial score (nSPS) is 13.6. The van der Waals surface area contributed by atoms with E-state index in [9.17, 15) is 9.18 Å². The number of hydrogen-bond donors (Lipinski definition) is 1. The molecule has 0 heterocycles. The fourth-order valence-corrected chi connectivity index (χ4v) is 2.42. The number of halogens is 1. The Hall–Kier alpha value is -1.84. The predicted octanol–water partition coefficient (Wildman–Crippen LogP) is 4.85. The highest BCUT2D eigenvalue weighted by Gasteiger charge is 2.16. The second-order valence-corrected chi connectivity index (χ2v) is 6.10. The Morgan fingerprint density at radius 2 is 1.91 bits per heavy atom. The van der Waals surface area contributed by atoms with E-state index in [0.29, 0.717) is 22.9 Å². The van der Waals surface area contributed by atoms with Crippen LogP contribution in [0.3, 0.4) is 0 Å². The third-order valence-corrected chi connectivity index (χ3v) is 3.79. The van der Waals surface area contributed by atoms with E-state index < -0.39 is 0 Å². The molecule has 1 N–H and O–H groups in total. The summed E-state index contributed by atoms with van der Waals surface area (Å²) in [6.45, 7) is 9.75. The van der Waals surface area contributed by atoms with Gasteiger partial charge in [0.2, 0.25) is 0 Å². The van der Waals surface area contributed by atoms with Gasteiger partial charge in [0.05, 0.1) is 12.7 Å². The predicted molar refractivity (Wildman–Crippen MR) is 88.3 cm³/mol. The van der Waals surface area contributed by atoms with Gasteiger partial charge in [0.15, 0.2) is 0 Å². The van der Waals surface area contributed by atoms with Crippen LogP contribution in [0.4, 0.5) is 10.1 Å². The summed E-state index contributed by atoms with van der Waals surface area (Å²) < 4.78 is 18.7. The number of carbonyl (C=O) groups excluding carboxylic acids is 1. The second-order valence-electron chi connectivity index (χ2n) is 6.10. The number of allylic oxidation sites excluding steroid dienone is 1. The molecule has 1 amide bonds. The Labute approximate surface area is 132 Å². The van der Waals surface area contributed by atoms with Gasteiger partial charge in [-0.3, -0.25) is 4.79 Å². The Balaban J connectivity index is 3.07. The van der Waals surface area contributed by atoms with Crippen molar-refractivity contribution >= 4 is 11.6 Å². The summed E-state index contributed by atoms with van der Waals surface area (Å²) in [6.07, 6.45) is 0.929. The molecule has 1 aromatic carbocycles. The molecule has 1 aromatic rings. The molecule has 0 bridgehead atoms. The number of hydrogen-bond acceptors (Lipinski definition) is 2. The van der Waals surface area contributed by atoms with Crippen molar-refractivity contribution in [1.82, 2.24) is 0 Å². The van der Waals surface area contributed by atoms with Gasteiger partial charge in [-0.1, -0.05) is 20.8 Å². The first-order chi connectivity index (χ1) is 10.3. The van der Waals surface area contributed by atoms with Crippen molar-refractivity contribution in [2.45, 2.75) is 47.0 Å². The minimum absolute atomic E-state index is 0.166. The van der Waals surface area contributed by atoms with Crippen molar-refractivity contribution in [3.63, 3.8) is 0 Å². The third-order valence-electron chi connectivity index (χ3n) is 3.79. The number of methoxy groups -OCH3 is 1. The molecule has 4 heteroatoms. The van der Waals surface area contributed by atoms with Crippen LogP contribution in [0.5, 0.6) is 0 Å². The number of benzene rings is 1. The van der Waals surface area contributed by atoms with Crippen molar-refractivity contribution in [2.75, 3.05) is 12.4 Å². The fraction of sp³-hybridized carbons (Fsp3) is 0.500. The van der Waals surface area contributed by atoms with Gasteiger partial charge in [0.1, 0.15) is 11.6 Å². The van der Waals surface area contributed by atoms with Gasteiger partial charge >= 0.3 is 0 Å². The summed E-state index contributed by atoms with van der Waals surface area (Å²) in [6, 6.07) is 4.49. The molecule has 122 valence electrons. The first kappa shape index (κ1) is 18.2. The van der Waals surface area contributed by atoms with Crippen LogP contribution in [0, 0.1) is 11.7 Å². The van der Waals surface area contributed by atoms with Crippen molar-refractivity contribution in [3.05, 3.63) is 40.9 Å². The van der Waals surface area contributed by atoms with Crippen LogP contribution in [0.25, 0.3) is 0 Å². The summed E-state index contributed by atoms with van der Waals surface area (Å²) in [4.78, 5) is 12.3. The van der Waals surface area contributed by atoms with Crippen molar-refractivity contribution in [3.8, 4) is 0 Å². The van der Waals surface area contributed by atoms with E-state index in [2.05, 4.69) is 19.2 Å². The molecule has 22 heavy (non-hydrogen) atoms. The van der Waals surface area contributed by atoms with Crippen molar-refractivity contribution in [1.29, 1.82) is 0 Å². The molecule has 0 aliphatic rings. The molecule has 0 radical (unpaired) electrons.